The summed E-state index contributed by atoms with van der Waals surface area (Å²) >= 11 is 0. The SMILES string of the molecule is CC1Cn2nccc2C(N2CC(C)(C#N)CC2=O)N1C(=O)Nc1cc(F)c(F)c(C(F)F)c1. The summed E-state index contributed by atoms with van der Waals surface area (Å²) in [6, 6.07) is 3.74. The second kappa shape index (κ2) is 8.06. The van der Waals surface area contributed by atoms with E-state index in [-0.39, 0.29) is 31.1 Å². The van der Waals surface area contributed by atoms with Crippen LogP contribution in [0.2, 0.25) is 0 Å². The molecular weight excluding hydrogens is 444 g/mol. The molecule has 8 nitrogen and oxygen atoms in total. The number of fused-ring (bicyclic) bond motifs is 1. The first-order valence-electron chi connectivity index (χ1n) is 10.1. The van der Waals surface area contributed by atoms with Gasteiger partial charge in [0.2, 0.25) is 5.91 Å². The average molecular weight is 464 g/mol. The fourth-order valence-electron chi connectivity index (χ4n) is 4.34. The predicted octanol–water partition coefficient (Wildman–Crippen LogP) is 3.80. The number of aromatic nitrogens is 2. The maximum absolute atomic E-state index is 13.9. The second-order valence-electron chi connectivity index (χ2n) is 8.53. The van der Waals surface area contributed by atoms with E-state index in [1.165, 1.54) is 16.0 Å². The summed E-state index contributed by atoms with van der Waals surface area (Å²) in [5, 5.41) is 16.1. The molecule has 1 aromatic carbocycles. The van der Waals surface area contributed by atoms with Gasteiger partial charge in [0.25, 0.3) is 6.43 Å². The number of alkyl halides is 2. The number of anilines is 1. The Morgan fingerprint density at radius 2 is 2.09 bits per heavy atom. The lowest BCUT2D eigenvalue weighted by Crippen LogP contribution is -2.55. The first-order chi connectivity index (χ1) is 15.5. The number of urea groups is 1. The third-order valence-electron chi connectivity index (χ3n) is 5.91. The van der Waals surface area contributed by atoms with Crippen LogP contribution in [0.25, 0.3) is 0 Å². The summed E-state index contributed by atoms with van der Waals surface area (Å²) in [5.74, 6) is -3.55. The highest BCUT2D eigenvalue weighted by Crippen LogP contribution is 2.40. The molecule has 3 heterocycles. The lowest BCUT2D eigenvalue weighted by atomic mass is 9.92. The van der Waals surface area contributed by atoms with Gasteiger partial charge < -0.3 is 10.2 Å². The molecule has 1 fully saturated rings. The molecular formula is C21H20F4N6O2. The number of hydrogen-bond acceptors (Lipinski definition) is 4. The number of rotatable bonds is 3. The molecule has 3 unspecified atom stereocenters. The van der Waals surface area contributed by atoms with Gasteiger partial charge in [-0.25, -0.2) is 22.4 Å². The molecule has 174 valence electrons. The van der Waals surface area contributed by atoms with Crippen molar-refractivity contribution < 1.29 is 27.2 Å². The summed E-state index contributed by atoms with van der Waals surface area (Å²) < 4.78 is 55.3. The molecule has 12 heteroatoms. The Labute approximate surface area is 186 Å². The van der Waals surface area contributed by atoms with Crippen LogP contribution < -0.4 is 5.32 Å². The topological polar surface area (TPSA) is 94.3 Å². The number of benzene rings is 1. The van der Waals surface area contributed by atoms with Crippen molar-refractivity contribution in [3.05, 3.63) is 47.3 Å². The Morgan fingerprint density at radius 3 is 2.73 bits per heavy atom. The van der Waals surface area contributed by atoms with Crippen LogP contribution in [-0.2, 0) is 11.3 Å². The number of nitrogens with zero attached hydrogens (tertiary/aromatic N) is 5. The number of halogens is 4. The molecule has 1 aromatic heterocycles. The standard InChI is InChI=1S/C21H20F4N6O2/c1-11-8-30-15(3-4-27-30)19(29-10-21(2,9-26)7-16(29)32)31(11)20(33)28-12-5-13(18(24)25)17(23)14(22)6-12/h3-6,11,18-19H,7-8,10H2,1-2H3,(H,28,33). The number of carbonyl (C=O) groups is 2. The maximum atomic E-state index is 13.9. The van der Waals surface area contributed by atoms with Crippen molar-refractivity contribution in [1.82, 2.24) is 19.6 Å². The zero-order valence-electron chi connectivity index (χ0n) is 17.7. The van der Waals surface area contributed by atoms with Crippen LogP contribution >= 0.6 is 0 Å². The van der Waals surface area contributed by atoms with Crippen LogP contribution in [0.3, 0.4) is 0 Å². The van der Waals surface area contributed by atoms with E-state index in [9.17, 15) is 32.4 Å². The highest BCUT2D eigenvalue weighted by atomic mass is 19.3. The Hall–Kier alpha value is -3.62. The number of amides is 3. The summed E-state index contributed by atoms with van der Waals surface area (Å²) in [6.07, 6.45) is -2.72. The molecule has 3 atom stereocenters. The normalized spacial score (nSPS) is 24.7. The van der Waals surface area contributed by atoms with Gasteiger partial charge in [0.05, 0.1) is 35.3 Å². The predicted molar refractivity (Wildman–Crippen MR) is 107 cm³/mol. The molecule has 1 N–H and O–H groups in total. The van der Waals surface area contributed by atoms with Gasteiger partial charge in [0, 0.05) is 30.9 Å². The number of carbonyl (C=O) groups excluding carboxylic acids is 2. The van der Waals surface area contributed by atoms with Crippen LogP contribution in [0.4, 0.5) is 28.0 Å². The molecule has 1 saturated heterocycles. The number of nitrogens with one attached hydrogen (secondary N) is 1. The van der Waals surface area contributed by atoms with Crippen molar-refractivity contribution in [2.24, 2.45) is 5.41 Å². The van der Waals surface area contributed by atoms with Crippen LogP contribution in [0.15, 0.2) is 24.4 Å². The minimum absolute atomic E-state index is 0.0289. The fraction of sp³-hybridized carbons (Fsp3) is 0.429. The first kappa shape index (κ1) is 22.6. The molecule has 0 aliphatic carbocycles. The Balaban J connectivity index is 1.70. The van der Waals surface area contributed by atoms with Gasteiger partial charge in [0.1, 0.15) is 0 Å². The van der Waals surface area contributed by atoms with Crippen molar-refractivity contribution in [2.75, 3.05) is 11.9 Å². The van der Waals surface area contributed by atoms with Gasteiger partial charge in [-0.3, -0.25) is 14.4 Å². The quantitative estimate of drug-likeness (QED) is 0.700. The first-order valence-corrected chi connectivity index (χ1v) is 10.1. The minimum atomic E-state index is -3.28. The van der Waals surface area contributed by atoms with Gasteiger partial charge in [-0.2, -0.15) is 10.4 Å². The van der Waals surface area contributed by atoms with Crippen LogP contribution in [0.1, 0.15) is 44.1 Å². The monoisotopic (exact) mass is 464 g/mol. The summed E-state index contributed by atoms with van der Waals surface area (Å²) in [6.45, 7) is 3.70. The molecule has 2 aromatic rings. The summed E-state index contributed by atoms with van der Waals surface area (Å²) in [5.41, 5.74) is -1.95. The van der Waals surface area contributed by atoms with E-state index in [1.54, 1.807) is 24.6 Å². The van der Waals surface area contributed by atoms with Crippen LogP contribution in [0.5, 0.6) is 0 Å². The van der Waals surface area contributed by atoms with Crippen molar-refractivity contribution in [3.8, 4) is 6.07 Å². The van der Waals surface area contributed by atoms with E-state index >= 15 is 0 Å². The lowest BCUT2D eigenvalue weighted by Gasteiger charge is -2.44. The highest BCUT2D eigenvalue weighted by molar-refractivity contribution is 5.90. The summed E-state index contributed by atoms with van der Waals surface area (Å²) in [4.78, 5) is 28.8. The largest absolute Gasteiger partial charge is 0.324 e. The van der Waals surface area contributed by atoms with Gasteiger partial charge in [-0.05, 0) is 26.0 Å². The lowest BCUT2D eigenvalue weighted by molar-refractivity contribution is -0.134. The van der Waals surface area contributed by atoms with Crippen LogP contribution in [0, 0.1) is 28.4 Å². The second-order valence-corrected chi connectivity index (χ2v) is 8.53. The summed E-state index contributed by atoms with van der Waals surface area (Å²) in [7, 11) is 0. The third kappa shape index (κ3) is 3.88. The Morgan fingerprint density at radius 1 is 1.36 bits per heavy atom. The van der Waals surface area contributed by atoms with E-state index in [2.05, 4.69) is 16.5 Å². The van der Waals surface area contributed by atoms with E-state index in [4.69, 9.17) is 0 Å². The smallest absolute Gasteiger partial charge is 0.315 e. The van der Waals surface area contributed by atoms with E-state index in [0.717, 1.165) is 0 Å². The molecule has 2 aliphatic heterocycles. The van der Waals surface area contributed by atoms with E-state index < -0.39 is 47.3 Å². The van der Waals surface area contributed by atoms with Gasteiger partial charge in [0.15, 0.2) is 17.8 Å². The van der Waals surface area contributed by atoms with Crippen molar-refractivity contribution in [3.63, 3.8) is 0 Å². The van der Waals surface area contributed by atoms with Crippen molar-refractivity contribution in [2.45, 2.75) is 45.4 Å². The molecule has 33 heavy (non-hydrogen) atoms. The Bertz CT molecular complexity index is 1160. The van der Waals surface area contributed by atoms with Crippen molar-refractivity contribution >= 4 is 17.6 Å². The van der Waals surface area contributed by atoms with Gasteiger partial charge >= 0.3 is 6.03 Å². The molecule has 4 rings (SSSR count). The molecule has 3 amide bonds. The highest BCUT2D eigenvalue weighted by Gasteiger charge is 2.48. The third-order valence-corrected chi connectivity index (χ3v) is 5.91. The maximum Gasteiger partial charge on any atom is 0.324 e. The van der Waals surface area contributed by atoms with E-state index in [1.807, 2.05) is 0 Å². The van der Waals surface area contributed by atoms with E-state index in [0.29, 0.717) is 17.8 Å². The van der Waals surface area contributed by atoms with Crippen molar-refractivity contribution in [1.29, 1.82) is 5.26 Å². The van der Waals surface area contributed by atoms with Crippen LogP contribution in [-0.4, -0.2) is 44.1 Å². The molecule has 0 saturated carbocycles. The minimum Gasteiger partial charge on any atom is -0.315 e. The fourth-order valence-corrected chi connectivity index (χ4v) is 4.34. The number of likely N-dealkylation sites (tertiary alicyclic amines) is 1. The van der Waals surface area contributed by atoms with Gasteiger partial charge in [-0.1, -0.05) is 0 Å². The molecule has 2 aliphatic rings. The number of nitriles is 1. The zero-order valence-corrected chi connectivity index (χ0v) is 17.7. The molecule has 0 bridgehead atoms. The van der Waals surface area contributed by atoms with Gasteiger partial charge in [-0.15, -0.1) is 0 Å². The number of hydrogen-bond donors (Lipinski definition) is 1. The molecule has 0 radical (unpaired) electrons. The Kier molecular flexibility index (Phi) is 5.51. The molecule has 0 spiro atoms. The zero-order chi connectivity index (χ0) is 24.1. The average Bonchev–Trinajstić information content (AvgIpc) is 3.33.